The van der Waals surface area contributed by atoms with E-state index in [1.165, 1.54) is 30.8 Å². The van der Waals surface area contributed by atoms with Crippen molar-refractivity contribution in [2.75, 3.05) is 6.61 Å². The molecule has 0 unspecified atom stereocenters. The standard InChI is InChI=1S/C27H38O8S2Si/c1-18-13-15-21(16-14-18)37(30,31)32-17-22-23(33-19(2)28)24(35-38(6,7)27(3,4)5)25(26(29)34-22)36-20-11-9-8-10-12-20/h8-16,22-26,29H,17H2,1-7H3/t22-,23-,24+,25-,26+/m1/s1. The fourth-order valence-electron chi connectivity index (χ4n) is 3.73. The second kappa shape index (κ2) is 12.2. The number of rotatable bonds is 9. The van der Waals surface area contributed by atoms with E-state index in [-0.39, 0.29) is 9.93 Å². The van der Waals surface area contributed by atoms with E-state index in [4.69, 9.17) is 18.1 Å². The van der Waals surface area contributed by atoms with Crippen molar-refractivity contribution in [2.24, 2.45) is 0 Å². The number of hydrogen-bond acceptors (Lipinski definition) is 9. The molecule has 1 saturated heterocycles. The molecule has 5 atom stereocenters. The van der Waals surface area contributed by atoms with E-state index in [1.807, 2.05) is 37.3 Å². The van der Waals surface area contributed by atoms with Gasteiger partial charge >= 0.3 is 5.97 Å². The Labute approximate surface area is 231 Å². The van der Waals surface area contributed by atoms with Crippen LogP contribution in [0.1, 0.15) is 33.3 Å². The Balaban J connectivity index is 1.95. The van der Waals surface area contributed by atoms with Crippen LogP contribution < -0.4 is 0 Å². The first kappa shape index (κ1) is 30.8. The van der Waals surface area contributed by atoms with Crippen LogP contribution in [0.5, 0.6) is 0 Å². The number of aliphatic hydroxyl groups is 1. The lowest BCUT2D eigenvalue weighted by atomic mass is 10.0. The highest BCUT2D eigenvalue weighted by atomic mass is 32.2. The molecular weight excluding hydrogens is 545 g/mol. The highest BCUT2D eigenvalue weighted by Crippen LogP contribution is 2.43. The molecule has 0 amide bonds. The quantitative estimate of drug-likeness (QED) is 0.251. The number of benzene rings is 2. The third-order valence-electron chi connectivity index (χ3n) is 6.86. The molecule has 210 valence electrons. The molecule has 0 bridgehead atoms. The van der Waals surface area contributed by atoms with Gasteiger partial charge in [-0.3, -0.25) is 8.98 Å². The van der Waals surface area contributed by atoms with Gasteiger partial charge in [0.2, 0.25) is 0 Å². The van der Waals surface area contributed by atoms with E-state index in [0.717, 1.165) is 10.5 Å². The third-order valence-corrected chi connectivity index (χ3v) is 13.9. The molecule has 0 radical (unpaired) electrons. The Morgan fingerprint density at radius 3 is 2.21 bits per heavy atom. The summed E-state index contributed by atoms with van der Waals surface area (Å²) >= 11 is 1.36. The molecule has 1 aliphatic heterocycles. The zero-order chi connectivity index (χ0) is 28.3. The van der Waals surface area contributed by atoms with Crippen molar-refractivity contribution in [1.29, 1.82) is 0 Å². The Morgan fingerprint density at radius 2 is 1.66 bits per heavy atom. The Morgan fingerprint density at radius 1 is 1.05 bits per heavy atom. The maximum atomic E-state index is 12.9. The van der Waals surface area contributed by atoms with Gasteiger partial charge < -0.3 is 19.0 Å². The van der Waals surface area contributed by atoms with Gasteiger partial charge in [-0.1, -0.05) is 56.7 Å². The second-order valence-electron chi connectivity index (χ2n) is 10.9. The van der Waals surface area contributed by atoms with Gasteiger partial charge in [0.05, 0.1) is 16.8 Å². The number of carbonyl (C=O) groups is 1. The van der Waals surface area contributed by atoms with E-state index in [1.54, 1.807) is 12.1 Å². The zero-order valence-corrected chi connectivity index (χ0v) is 25.5. The molecule has 1 aliphatic rings. The van der Waals surface area contributed by atoms with Gasteiger partial charge in [0, 0.05) is 11.8 Å². The van der Waals surface area contributed by atoms with Gasteiger partial charge in [-0.2, -0.15) is 8.42 Å². The van der Waals surface area contributed by atoms with Crippen LogP contribution in [0.4, 0.5) is 0 Å². The topological polar surface area (TPSA) is 108 Å². The summed E-state index contributed by atoms with van der Waals surface area (Å²) in [6.07, 6.45) is -4.22. The Kier molecular flexibility index (Phi) is 9.89. The highest BCUT2D eigenvalue weighted by molar-refractivity contribution is 8.00. The molecule has 38 heavy (non-hydrogen) atoms. The van der Waals surface area contributed by atoms with Crippen LogP contribution in [-0.4, -0.2) is 64.3 Å². The number of carbonyl (C=O) groups excluding carboxylic acids is 1. The number of aryl methyl sites for hydroxylation is 1. The predicted octanol–water partition coefficient (Wildman–Crippen LogP) is 4.90. The summed E-state index contributed by atoms with van der Waals surface area (Å²) in [5, 5.41) is 10.3. The monoisotopic (exact) mass is 582 g/mol. The first-order valence-corrected chi connectivity index (χ1v) is 17.7. The second-order valence-corrected chi connectivity index (χ2v) is 18.6. The molecule has 1 fully saturated rings. The van der Waals surface area contributed by atoms with Crippen molar-refractivity contribution in [2.45, 2.75) is 92.4 Å². The first-order valence-electron chi connectivity index (χ1n) is 12.5. The van der Waals surface area contributed by atoms with Gasteiger partial charge in [0.1, 0.15) is 12.2 Å². The molecule has 2 aromatic carbocycles. The maximum Gasteiger partial charge on any atom is 0.303 e. The Hall–Kier alpha value is -1.73. The smallest absolute Gasteiger partial charge is 0.303 e. The minimum Gasteiger partial charge on any atom is -0.457 e. The van der Waals surface area contributed by atoms with Gasteiger partial charge in [0.15, 0.2) is 20.7 Å². The number of esters is 1. The first-order chi connectivity index (χ1) is 17.6. The number of aliphatic hydroxyl groups excluding tert-OH is 1. The maximum absolute atomic E-state index is 12.9. The molecule has 1 heterocycles. The largest absolute Gasteiger partial charge is 0.457 e. The molecule has 0 aliphatic carbocycles. The molecule has 8 nitrogen and oxygen atoms in total. The molecule has 0 aromatic heterocycles. The highest BCUT2D eigenvalue weighted by Gasteiger charge is 2.52. The van der Waals surface area contributed by atoms with E-state index < -0.39 is 60.9 Å². The summed E-state index contributed by atoms with van der Waals surface area (Å²) in [6, 6.07) is 15.7. The van der Waals surface area contributed by atoms with Crippen molar-refractivity contribution in [3.63, 3.8) is 0 Å². The summed E-state index contributed by atoms with van der Waals surface area (Å²) in [4.78, 5) is 13.1. The summed E-state index contributed by atoms with van der Waals surface area (Å²) in [7, 11) is -6.57. The van der Waals surface area contributed by atoms with Crippen molar-refractivity contribution in [3.05, 3.63) is 60.2 Å². The van der Waals surface area contributed by atoms with Crippen molar-refractivity contribution >= 4 is 36.2 Å². The predicted molar refractivity (Wildman–Crippen MR) is 149 cm³/mol. The van der Waals surface area contributed by atoms with E-state index in [9.17, 15) is 18.3 Å². The van der Waals surface area contributed by atoms with Crippen LogP contribution in [0.3, 0.4) is 0 Å². The molecular formula is C27H38O8S2Si. The summed E-state index contributed by atoms with van der Waals surface area (Å²) in [5.74, 6) is -0.575. The lowest BCUT2D eigenvalue weighted by Crippen LogP contribution is -2.63. The van der Waals surface area contributed by atoms with Crippen LogP contribution in [0.15, 0.2) is 64.4 Å². The van der Waals surface area contributed by atoms with Crippen LogP contribution in [0.25, 0.3) is 0 Å². The minimum absolute atomic E-state index is 0.00456. The van der Waals surface area contributed by atoms with Crippen LogP contribution >= 0.6 is 11.8 Å². The molecule has 2 aromatic rings. The fraction of sp³-hybridized carbons (Fsp3) is 0.519. The van der Waals surface area contributed by atoms with Crippen molar-refractivity contribution < 1.29 is 36.4 Å². The molecule has 3 rings (SSSR count). The lowest BCUT2D eigenvalue weighted by molar-refractivity contribution is -0.238. The van der Waals surface area contributed by atoms with Crippen LogP contribution in [0, 0.1) is 6.92 Å². The molecule has 1 N–H and O–H groups in total. The van der Waals surface area contributed by atoms with E-state index in [2.05, 4.69) is 33.9 Å². The average molecular weight is 583 g/mol. The van der Waals surface area contributed by atoms with Gasteiger partial charge in [-0.15, -0.1) is 11.8 Å². The molecule has 11 heteroatoms. The number of thioether (sulfide) groups is 1. The minimum atomic E-state index is -4.12. The zero-order valence-electron chi connectivity index (χ0n) is 22.9. The summed E-state index contributed by atoms with van der Waals surface area (Å²) in [5.41, 5.74) is 0.908. The number of ether oxygens (including phenoxy) is 2. The third kappa shape index (κ3) is 7.68. The van der Waals surface area contributed by atoms with Crippen LogP contribution in [-0.2, 0) is 33.0 Å². The van der Waals surface area contributed by atoms with E-state index in [0.29, 0.717) is 0 Å². The van der Waals surface area contributed by atoms with Crippen molar-refractivity contribution in [3.8, 4) is 0 Å². The lowest BCUT2D eigenvalue weighted by Gasteiger charge is -2.48. The van der Waals surface area contributed by atoms with E-state index >= 15 is 0 Å². The summed E-state index contributed by atoms with van der Waals surface area (Å²) in [6.45, 7) is 13.1. The molecule has 0 saturated carbocycles. The van der Waals surface area contributed by atoms with Gasteiger partial charge in [-0.05, 0) is 49.3 Å². The average Bonchev–Trinajstić information content (AvgIpc) is 2.82. The van der Waals surface area contributed by atoms with Gasteiger partial charge in [-0.25, -0.2) is 0 Å². The summed E-state index contributed by atoms with van der Waals surface area (Å²) < 4.78 is 49.4. The van der Waals surface area contributed by atoms with Gasteiger partial charge in [0.25, 0.3) is 10.1 Å². The SMILES string of the molecule is CC(=O)O[C@H]1[C@H](O[Si](C)(C)C(C)(C)C)[C@@H](Sc2ccccc2)[C@@H](O)O[C@@H]1COS(=O)(=O)c1ccc(C)cc1. The van der Waals surface area contributed by atoms with Crippen LogP contribution in [0.2, 0.25) is 18.1 Å². The normalized spacial score (nSPS) is 24.7. The Bertz CT molecular complexity index is 1180. The van der Waals surface area contributed by atoms with Crippen molar-refractivity contribution in [1.82, 2.24) is 0 Å². The number of hydrogen-bond donors (Lipinski definition) is 1. The fourth-order valence-corrected chi connectivity index (χ4v) is 7.21. The molecule has 0 spiro atoms.